The average Bonchev–Trinajstić information content (AvgIpc) is 2.70. The van der Waals surface area contributed by atoms with Crippen molar-refractivity contribution in [1.29, 1.82) is 0 Å². The molecule has 0 spiro atoms. The monoisotopic (exact) mass is 436 g/mol. The van der Waals surface area contributed by atoms with Gasteiger partial charge in [0.2, 0.25) is 11.8 Å². The highest BCUT2D eigenvalue weighted by atomic mass is 35.5. The molecule has 0 aliphatic carbocycles. The van der Waals surface area contributed by atoms with Gasteiger partial charge in [0.1, 0.15) is 11.8 Å². The van der Waals surface area contributed by atoms with E-state index in [1.165, 1.54) is 0 Å². The largest absolute Gasteiger partial charge is 0.497 e. The minimum absolute atomic E-state index is 0.153. The number of amides is 2. The van der Waals surface area contributed by atoms with Gasteiger partial charge in [-0.2, -0.15) is 0 Å². The molecule has 29 heavy (non-hydrogen) atoms. The number of rotatable bonds is 9. The topological polar surface area (TPSA) is 58.6 Å². The summed E-state index contributed by atoms with van der Waals surface area (Å²) in [6, 6.07) is 11.9. The fourth-order valence-corrected chi connectivity index (χ4v) is 3.53. The summed E-state index contributed by atoms with van der Waals surface area (Å²) in [6.07, 6.45) is 0.663. The minimum atomic E-state index is -0.590. The standard InChI is InChI=1S/C22H26Cl2N2O3/c1-4-20(22(28)25-5-2)26(14-16-8-9-17(23)13-19(16)24)21(27)12-15-6-10-18(29-3)11-7-15/h6-11,13,20H,4-5,12,14H2,1-3H3,(H,25,28)/t20-/m1/s1. The van der Waals surface area contributed by atoms with Crippen molar-refractivity contribution < 1.29 is 14.3 Å². The van der Waals surface area contributed by atoms with Crippen molar-refractivity contribution >= 4 is 35.0 Å². The lowest BCUT2D eigenvalue weighted by molar-refractivity contribution is -0.140. The third-order valence-corrected chi connectivity index (χ3v) is 5.19. The number of likely N-dealkylation sites (N-methyl/N-ethyl adjacent to an activating group) is 1. The van der Waals surface area contributed by atoms with Crippen molar-refractivity contribution in [2.24, 2.45) is 0 Å². The van der Waals surface area contributed by atoms with Gasteiger partial charge in [-0.1, -0.05) is 48.3 Å². The molecule has 2 rings (SSSR count). The van der Waals surface area contributed by atoms with Crippen LogP contribution in [0.25, 0.3) is 0 Å². The van der Waals surface area contributed by atoms with Crippen molar-refractivity contribution in [1.82, 2.24) is 10.2 Å². The Morgan fingerprint density at radius 3 is 2.34 bits per heavy atom. The maximum atomic E-state index is 13.2. The molecule has 0 saturated carbocycles. The van der Waals surface area contributed by atoms with Crippen LogP contribution in [0.3, 0.4) is 0 Å². The molecule has 1 atom stereocenters. The van der Waals surface area contributed by atoms with Crippen LogP contribution in [0.15, 0.2) is 42.5 Å². The van der Waals surface area contributed by atoms with Gasteiger partial charge >= 0.3 is 0 Å². The van der Waals surface area contributed by atoms with Crippen molar-refractivity contribution in [3.63, 3.8) is 0 Å². The molecular formula is C22H26Cl2N2O3. The molecule has 0 radical (unpaired) electrons. The first-order chi connectivity index (χ1) is 13.9. The molecule has 2 aromatic carbocycles. The molecule has 0 aromatic heterocycles. The van der Waals surface area contributed by atoms with Crippen LogP contribution in [0.4, 0.5) is 0 Å². The highest BCUT2D eigenvalue weighted by molar-refractivity contribution is 6.35. The van der Waals surface area contributed by atoms with Crippen molar-refractivity contribution in [2.45, 2.75) is 39.3 Å². The van der Waals surface area contributed by atoms with Gasteiger partial charge in [-0.25, -0.2) is 0 Å². The van der Waals surface area contributed by atoms with Crippen LogP contribution in [0.2, 0.25) is 10.0 Å². The summed E-state index contributed by atoms with van der Waals surface area (Å²) >= 11 is 12.3. The molecule has 2 aromatic rings. The first-order valence-electron chi connectivity index (χ1n) is 9.53. The van der Waals surface area contributed by atoms with Gasteiger partial charge in [-0.05, 0) is 48.7 Å². The Hall–Kier alpha value is -2.24. The SMILES string of the molecule is CCNC(=O)[C@@H](CC)N(Cc1ccc(Cl)cc1Cl)C(=O)Cc1ccc(OC)cc1. The van der Waals surface area contributed by atoms with Gasteiger partial charge in [0, 0.05) is 23.1 Å². The van der Waals surface area contributed by atoms with E-state index in [2.05, 4.69) is 5.32 Å². The smallest absolute Gasteiger partial charge is 0.242 e. The Bertz CT molecular complexity index is 840. The molecule has 7 heteroatoms. The second-order valence-corrected chi connectivity index (χ2v) is 7.44. The molecule has 0 saturated heterocycles. The predicted octanol–water partition coefficient (Wildman–Crippen LogP) is 4.49. The fourth-order valence-electron chi connectivity index (χ4n) is 3.06. The Morgan fingerprint density at radius 2 is 1.79 bits per heavy atom. The molecule has 5 nitrogen and oxygen atoms in total. The van der Waals surface area contributed by atoms with Crippen LogP contribution in [0, 0.1) is 0 Å². The molecule has 156 valence electrons. The first kappa shape index (κ1) is 23.0. The van der Waals surface area contributed by atoms with Crippen molar-refractivity contribution in [2.75, 3.05) is 13.7 Å². The number of nitrogens with zero attached hydrogens (tertiary/aromatic N) is 1. The molecule has 0 unspecified atom stereocenters. The van der Waals surface area contributed by atoms with Gasteiger partial charge in [0.05, 0.1) is 13.5 Å². The second-order valence-electron chi connectivity index (χ2n) is 6.60. The molecule has 0 aliphatic heterocycles. The van der Waals surface area contributed by atoms with Gasteiger partial charge < -0.3 is 15.0 Å². The van der Waals surface area contributed by atoms with Crippen LogP contribution < -0.4 is 10.1 Å². The summed E-state index contributed by atoms with van der Waals surface area (Å²) in [4.78, 5) is 27.4. The average molecular weight is 437 g/mol. The molecule has 0 fully saturated rings. The maximum Gasteiger partial charge on any atom is 0.242 e. The number of hydrogen-bond donors (Lipinski definition) is 1. The number of nitrogens with one attached hydrogen (secondary N) is 1. The molecule has 2 amide bonds. The number of ether oxygens (including phenoxy) is 1. The maximum absolute atomic E-state index is 13.2. The molecule has 0 heterocycles. The van der Waals surface area contributed by atoms with Crippen molar-refractivity contribution in [3.8, 4) is 5.75 Å². The summed E-state index contributed by atoms with van der Waals surface area (Å²) in [5, 5.41) is 3.80. The zero-order valence-electron chi connectivity index (χ0n) is 16.9. The van der Waals surface area contributed by atoms with Crippen LogP contribution >= 0.6 is 23.2 Å². The van der Waals surface area contributed by atoms with E-state index in [4.69, 9.17) is 27.9 Å². The quantitative estimate of drug-likeness (QED) is 0.629. The van der Waals surface area contributed by atoms with E-state index in [0.29, 0.717) is 23.0 Å². The van der Waals surface area contributed by atoms with Gasteiger partial charge in [-0.3, -0.25) is 9.59 Å². The Labute approximate surface area is 181 Å². The highest BCUT2D eigenvalue weighted by Crippen LogP contribution is 2.24. The van der Waals surface area contributed by atoms with Crippen LogP contribution in [-0.4, -0.2) is 36.4 Å². The second kappa shape index (κ2) is 11.1. The number of methoxy groups -OCH3 is 1. The summed E-state index contributed by atoms with van der Waals surface area (Å²) < 4.78 is 5.16. The lowest BCUT2D eigenvalue weighted by Gasteiger charge is -2.31. The van der Waals surface area contributed by atoms with Gasteiger partial charge in [-0.15, -0.1) is 0 Å². The third-order valence-electron chi connectivity index (χ3n) is 4.61. The zero-order chi connectivity index (χ0) is 21.4. The summed E-state index contributed by atoms with van der Waals surface area (Å²) in [5.74, 6) is 0.391. The van der Waals surface area contributed by atoms with Crippen LogP contribution in [0.5, 0.6) is 5.75 Å². The van der Waals surface area contributed by atoms with E-state index < -0.39 is 6.04 Å². The third kappa shape index (κ3) is 6.38. The predicted molar refractivity (Wildman–Crippen MR) is 116 cm³/mol. The molecular weight excluding hydrogens is 411 g/mol. The lowest BCUT2D eigenvalue weighted by atomic mass is 10.1. The lowest BCUT2D eigenvalue weighted by Crippen LogP contribution is -2.49. The Balaban J connectivity index is 2.30. The summed E-state index contributed by atoms with van der Waals surface area (Å²) in [5.41, 5.74) is 1.58. The van der Waals surface area contributed by atoms with Crippen molar-refractivity contribution in [3.05, 3.63) is 63.6 Å². The van der Waals surface area contributed by atoms with Crippen LogP contribution in [0.1, 0.15) is 31.4 Å². The van der Waals surface area contributed by atoms with E-state index in [9.17, 15) is 9.59 Å². The first-order valence-corrected chi connectivity index (χ1v) is 10.3. The molecule has 0 aliphatic rings. The zero-order valence-corrected chi connectivity index (χ0v) is 18.4. The normalized spacial score (nSPS) is 11.6. The number of carbonyl (C=O) groups is 2. The van der Waals surface area contributed by atoms with Gasteiger partial charge in [0.25, 0.3) is 0 Å². The fraction of sp³-hybridized carbons (Fsp3) is 0.364. The summed E-state index contributed by atoms with van der Waals surface area (Å²) in [7, 11) is 1.59. The van der Waals surface area contributed by atoms with E-state index in [-0.39, 0.29) is 24.8 Å². The van der Waals surface area contributed by atoms with E-state index in [0.717, 1.165) is 16.9 Å². The Kier molecular flexibility index (Phi) is 8.80. The van der Waals surface area contributed by atoms with E-state index in [1.807, 2.05) is 38.1 Å². The minimum Gasteiger partial charge on any atom is -0.497 e. The number of benzene rings is 2. The van der Waals surface area contributed by atoms with Crippen LogP contribution in [-0.2, 0) is 22.6 Å². The molecule has 0 bridgehead atoms. The van der Waals surface area contributed by atoms with Gasteiger partial charge in [0.15, 0.2) is 0 Å². The van der Waals surface area contributed by atoms with E-state index >= 15 is 0 Å². The number of halogens is 2. The highest BCUT2D eigenvalue weighted by Gasteiger charge is 2.28. The summed E-state index contributed by atoms with van der Waals surface area (Å²) in [6.45, 7) is 4.46. The number of carbonyl (C=O) groups excluding carboxylic acids is 2. The number of hydrogen-bond acceptors (Lipinski definition) is 3. The van der Waals surface area contributed by atoms with E-state index in [1.54, 1.807) is 30.2 Å². The Morgan fingerprint density at radius 1 is 1.10 bits per heavy atom. The molecule has 1 N–H and O–H groups in total.